The van der Waals surface area contributed by atoms with Gasteiger partial charge in [0.25, 0.3) is 0 Å². The van der Waals surface area contributed by atoms with Gasteiger partial charge in [-0.25, -0.2) is 0 Å². The van der Waals surface area contributed by atoms with Crippen molar-refractivity contribution in [1.29, 1.82) is 0 Å². The zero-order valence-corrected chi connectivity index (χ0v) is 14.4. The summed E-state index contributed by atoms with van der Waals surface area (Å²) >= 11 is 0. The maximum atomic E-state index is 4.57. The van der Waals surface area contributed by atoms with Crippen molar-refractivity contribution in [2.45, 2.75) is 59.8 Å². The molecule has 2 rings (SSSR count). The molecule has 0 bridgehead atoms. The van der Waals surface area contributed by atoms with Gasteiger partial charge in [-0.1, -0.05) is 31.6 Å². The fourth-order valence-electron chi connectivity index (χ4n) is 2.38. The van der Waals surface area contributed by atoms with Crippen molar-refractivity contribution in [2.24, 2.45) is 5.92 Å². The molecule has 0 aromatic carbocycles. The Bertz CT molecular complexity index is 425. The number of pyridine rings is 1. The van der Waals surface area contributed by atoms with E-state index in [1.54, 1.807) is 0 Å². The van der Waals surface area contributed by atoms with E-state index in [4.69, 9.17) is 0 Å². The maximum absolute atomic E-state index is 4.57. The summed E-state index contributed by atoms with van der Waals surface area (Å²) < 4.78 is 0. The molecule has 1 saturated heterocycles. The van der Waals surface area contributed by atoms with Gasteiger partial charge >= 0.3 is 0 Å². The molecule has 2 nitrogen and oxygen atoms in total. The van der Waals surface area contributed by atoms with Crippen LogP contribution in [0.25, 0.3) is 0 Å². The van der Waals surface area contributed by atoms with Crippen LogP contribution in [0.4, 0.5) is 0 Å². The minimum atomic E-state index is 0.682. The second kappa shape index (κ2) is 9.73. The maximum Gasteiger partial charge on any atom is 0.0438 e. The summed E-state index contributed by atoms with van der Waals surface area (Å²) in [6.07, 6.45) is 5.97. The van der Waals surface area contributed by atoms with Crippen molar-refractivity contribution >= 4 is 0 Å². The zero-order valence-electron chi connectivity index (χ0n) is 14.4. The van der Waals surface area contributed by atoms with Gasteiger partial charge in [-0.15, -0.1) is 0 Å². The molecule has 1 aromatic heterocycles. The molecule has 0 unspecified atom stereocenters. The molecule has 0 radical (unpaired) electrons. The Balaban J connectivity index is 0.000000240. The second-order valence-corrected chi connectivity index (χ2v) is 6.64. The number of hydrogen-bond acceptors (Lipinski definition) is 2. The molecule has 1 aromatic rings. The average Bonchev–Trinajstić information content (AvgIpc) is 2.47. The number of piperidine rings is 1. The lowest BCUT2D eigenvalue weighted by atomic mass is 9.94. The predicted octanol–water partition coefficient (Wildman–Crippen LogP) is 4.86. The number of hydrogen-bond donors (Lipinski definition) is 1. The van der Waals surface area contributed by atoms with Gasteiger partial charge in [0.2, 0.25) is 0 Å². The van der Waals surface area contributed by atoms with Crippen molar-refractivity contribution in [1.82, 2.24) is 10.3 Å². The number of aryl methyl sites for hydroxylation is 1. The van der Waals surface area contributed by atoms with Crippen LogP contribution in [0.5, 0.6) is 0 Å². The van der Waals surface area contributed by atoms with Crippen molar-refractivity contribution in [3.05, 3.63) is 41.2 Å². The third-order valence-electron chi connectivity index (χ3n) is 3.66. The van der Waals surface area contributed by atoms with Crippen LogP contribution in [0, 0.1) is 12.8 Å². The highest BCUT2D eigenvalue weighted by Gasteiger charge is 2.15. The van der Waals surface area contributed by atoms with Crippen LogP contribution in [0.2, 0.25) is 0 Å². The molecule has 1 N–H and O–H groups in total. The Morgan fingerprint density at radius 3 is 2.43 bits per heavy atom. The molecule has 1 aliphatic heterocycles. The predicted molar refractivity (Wildman–Crippen MR) is 92.7 cm³/mol. The first kappa shape index (κ1) is 17.9. The standard InChI is InChI=1S/C11H16N2.C8H16/c1-9-3-2-4-11(13-9)10-5-7-12-8-6-10;1-7(2)5-6-8(3)4/h2-4,10,12H,5-8H2,1H3;5,8H,6H2,1-4H3. The van der Waals surface area contributed by atoms with Crippen molar-refractivity contribution in [3.63, 3.8) is 0 Å². The average molecular weight is 288 g/mol. The molecule has 118 valence electrons. The fraction of sp³-hybridized carbons (Fsp3) is 0.632. The van der Waals surface area contributed by atoms with Crippen LogP contribution < -0.4 is 5.32 Å². The van der Waals surface area contributed by atoms with Crippen molar-refractivity contribution in [2.75, 3.05) is 13.1 Å². The molecular formula is C19H32N2. The summed E-state index contributed by atoms with van der Waals surface area (Å²) in [7, 11) is 0. The normalized spacial score (nSPS) is 15.3. The lowest BCUT2D eigenvalue weighted by Gasteiger charge is -2.22. The Hall–Kier alpha value is -1.15. The lowest BCUT2D eigenvalue weighted by Crippen LogP contribution is -2.27. The Kier molecular flexibility index (Phi) is 8.29. The second-order valence-electron chi connectivity index (χ2n) is 6.64. The molecule has 2 heterocycles. The molecule has 1 aliphatic rings. The monoisotopic (exact) mass is 288 g/mol. The summed E-state index contributed by atoms with van der Waals surface area (Å²) in [6, 6.07) is 6.33. The molecule has 0 aliphatic carbocycles. The van der Waals surface area contributed by atoms with Gasteiger partial charge in [0.05, 0.1) is 0 Å². The van der Waals surface area contributed by atoms with Gasteiger partial charge in [-0.3, -0.25) is 4.98 Å². The number of nitrogens with zero attached hydrogens (tertiary/aromatic N) is 1. The minimum Gasteiger partial charge on any atom is -0.317 e. The van der Waals surface area contributed by atoms with E-state index >= 15 is 0 Å². The van der Waals surface area contributed by atoms with E-state index in [2.05, 4.69) is 69.2 Å². The van der Waals surface area contributed by atoms with E-state index in [9.17, 15) is 0 Å². The summed E-state index contributed by atoms with van der Waals surface area (Å²) in [5.41, 5.74) is 3.84. The van der Waals surface area contributed by atoms with Gasteiger partial charge in [0.15, 0.2) is 0 Å². The van der Waals surface area contributed by atoms with Crippen LogP contribution in [0.3, 0.4) is 0 Å². The molecule has 21 heavy (non-hydrogen) atoms. The van der Waals surface area contributed by atoms with E-state index in [0.717, 1.165) is 24.7 Å². The van der Waals surface area contributed by atoms with Crippen LogP contribution in [0.15, 0.2) is 29.8 Å². The first-order valence-corrected chi connectivity index (χ1v) is 8.26. The Morgan fingerprint density at radius 1 is 1.29 bits per heavy atom. The molecule has 0 saturated carbocycles. The van der Waals surface area contributed by atoms with Gasteiger partial charge < -0.3 is 5.32 Å². The van der Waals surface area contributed by atoms with Crippen LogP contribution >= 0.6 is 0 Å². The topological polar surface area (TPSA) is 24.9 Å². The summed E-state index contributed by atoms with van der Waals surface area (Å²) in [5, 5.41) is 3.37. The Labute approximate surface area is 131 Å². The van der Waals surface area contributed by atoms with Gasteiger partial charge in [-0.05, 0) is 71.2 Å². The lowest BCUT2D eigenvalue weighted by molar-refractivity contribution is 0.453. The first-order valence-electron chi connectivity index (χ1n) is 8.26. The fourth-order valence-corrected chi connectivity index (χ4v) is 2.38. The highest BCUT2D eigenvalue weighted by atomic mass is 14.9. The van der Waals surface area contributed by atoms with Gasteiger partial charge in [-0.2, -0.15) is 0 Å². The quantitative estimate of drug-likeness (QED) is 0.804. The summed E-state index contributed by atoms with van der Waals surface area (Å²) in [6.45, 7) is 13.1. The van der Waals surface area contributed by atoms with E-state index < -0.39 is 0 Å². The zero-order chi connectivity index (χ0) is 15.7. The number of nitrogens with one attached hydrogen (secondary N) is 1. The highest BCUT2D eigenvalue weighted by molar-refractivity contribution is 5.14. The largest absolute Gasteiger partial charge is 0.317 e. The van der Waals surface area contributed by atoms with E-state index in [-0.39, 0.29) is 0 Å². The molecule has 2 heteroatoms. The Morgan fingerprint density at radius 2 is 1.95 bits per heavy atom. The van der Waals surface area contributed by atoms with E-state index in [1.165, 1.54) is 30.5 Å². The molecule has 0 atom stereocenters. The van der Waals surface area contributed by atoms with Crippen LogP contribution in [-0.2, 0) is 0 Å². The van der Waals surface area contributed by atoms with E-state index in [0.29, 0.717) is 5.92 Å². The SMILES string of the molecule is CC(C)=CCC(C)C.Cc1cccc(C2CCNCC2)n1. The minimum absolute atomic E-state index is 0.682. The number of rotatable bonds is 3. The van der Waals surface area contributed by atoms with Crippen LogP contribution in [0.1, 0.15) is 64.3 Å². The van der Waals surface area contributed by atoms with E-state index in [1.807, 2.05) is 0 Å². The summed E-state index contributed by atoms with van der Waals surface area (Å²) in [4.78, 5) is 4.57. The molecule has 0 spiro atoms. The third kappa shape index (κ3) is 8.01. The van der Waals surface area contributed by atoms with Gasteiger partial charge in [0.1, 0.15) is 0 Å². The third-order valence-corrected chi connectivity index (χ3v) is 3.66. The van der Waals surface area contributed by atoms with Crippen LogP contribution in [-0.4, -0.2) is 18.1 Å². The molecule has 0 amide bonds. The summed E-state index contributed by atoms with van der Waals surface area (Å²) in [5.74, 6) is 1.49. The van der Waals surface area contributed by atoms with Gasteiger partial charge in [0, 0.05) is 17.3 Å². The van der Waals surface area contributed by atoms with Crippen molar-refractivity contribution in [3.8, 4) is 0 Å². The highest BCUT2D eigenvalue weighted by Crippen LogP contribution is 2.23. The van der Waals surface area contributed by atoms with Crippen molar-refractivity contribution < 1.29 is 0 Å². The molecule has 1 fully saturated rings. The first-order chi connectivity index (χ1) is 9.99. The number of aromatic nitrogens is 1. The molecular weight excluding hydrogens is 256 g/mol. The smallest absolute Gasteiger partial charge is 0.0438 e. The number of allylic oxidation sites excluding steroid dienone is 2.